The van der Waals surface area contributed by atoms with Gasteiger partial charge in [0.25, 0.3) is 0 Å². The Labute approximate surface area is 237 Å². The maximum atomic E-state index is 6.54. The topological polar surface area (TPSA) is 108 Å². The van der Waals surface area contributed by atoms with E-state index in [1.165, 1.54) is 11.1 Å². The van der Waals surface area contributed by atoms with Gasteiger partial charge in [0.1, 0.15) is 23.9 Å². The third-order valence-electron chi connectivity index (χ3n) is 8.79. The maximum Gasteiger partial charge on any atom is 0.163 e. The zero-order valence-corrected chi connectivity index (χ0v) is 23.9. The minimum absolute atomic E-state index is 0.0317. The first-order valence-electron chi connectivity index (χ1n) is 15.0. The normalized spacial score (nSPS) is 26.4. The molecule has 0 amide bonds. The third-order valence-corrected chi connectivity index (χ3v) is 8.79. The van der Waals surface area contributed by atoms with Gasteiger partial charge in [0.15, 0.2) is 5.79 Å². The van der Waals surface area contributed by atoms with Crippen molar-refractivity contribution >= 4 is 16.9 Å². The van der Waals surface area contributed by atoms with Crippen LogP contribution in [0.1, 0.15) is 62.6 Å². The Morgan fingerprint density at radius 1 is 1.00 bits per heavy atom. The highest BCUT2D eigenvalue weighted by atomic mass is 16.8. The van der Waals surface area contributed by atoms with Crippen molar-refractivity contribution in [2.24, 2.45) is 5.92 Å². The molecule has 4 heterocycles. The van der Waals surface area contributed by atoms with Crippen molar-refractivity contribution in [3.8, 4) is 0 Å². The van der Waals surface area contributed by atoms with Crippen LogP contribution >= 0.6 is 0 Å². The van der Waals surface area contributed by atoms with Gasteiger partial charge < -0.3 is 35.1 Å². The van der Waals surface area contributed by atoms with E-state index in [2.05, 4.69) is 56.7 Å². The lowest BCUT2D eigenvalue weighted by atomic mass is 9.92. The van der Waals surface area contributed by atoms with Crippen molar-refractivity contribution in [3.05, 3.63) is 54.0 Å². The third kappa shape index (κ3) is 5.90. The average molecular weight is 549 g/mol. The second-order valence-corrected chi connectivity index (χ2v) is 12.0. The Balaban J connectivity index is 1.10. The highest BCUT2D eigenvalue weighted by molar-refractivity contribution is 5.90. The fourth-order valence-electron chi connectivity index (χ4n) is 6.87. The number of fused-ring (bicyclic) bond motifs is 2. The zero-order valence-electron chi connectivity index (χ0n) is 23.9. The molecule has 6 rings (SSSR count). The molecule has 1 saturated carbocycles. The number of aromatic nitrogens is 3. The van der Waals surface area contributed by atoms with Crippen molar-refractivity contribution in [1.82, 2.24) is 25.2 Å². The smallest absolute Gasteiger partial charge is 0.163 e. The van der Waals surface area contributed by atoms with E-state index < -0.39 is 5.79 Å². The number of ether oxygens (including phenoxy) is 3. The largest absolute Gasteiger partial charge is 0.383 e. The van der Waals surface area contributed by atoms with E-state index in [0.29, 0.717) is 17.7 Å². The van der Waals surface area contributed by atoms with Gasteiger partial charge in [0.2, 0.25) is 0 Å². The molecule has 0 bridgehead atoms. The van der Waals surface area contributed by atoms with Crippen LogP contribution in [0.4, 0.5) is 5.82 Å². The van der Waals surface area contributed by atoms with Crippen LogP contribution in [-0.4, -0.2) is 71.9 Å². The van der Waals surface area contributed by atoms with E-state index in [0.717, 1.165) is 82.5 Å². The lowest BCUT2D eigenvalue weighted by molar-refractivity contribution is -0.160. The first kappa shape index (κ1) is 27.6. The molecule has 0 radical (unpaired) electrons. The van der Waals surface area contributed by atoms with Gasteiger partial charge in [0.05, 0.1) is 17.5 Å². The molecule has 3 aliphatic rings. The molecule has 2 aromatic heterocycles. The van der Waals surface area contributed by atoms with Crippen LogP contribution in [0.15, 0.2) is 42.9 Å². The Morgan fingerprint density at radius 2 is 1.77 bits per heavy atom. The number of nitrogens with one attached hydrogen (secondary N) is 2. The molecule has 9 heteroatoms. The van der Waals surface area contributed by atoms with E-state index in [1.807, 2.05) is 13.8 Å². The molecular formula is C31H44N6O3. The summed E-state index contributed by atoms with van der Waals surface area (Å²) in [5.74, 6) is 0.708. The SMILES string of the molecule is CC1(C)O[C@@H]2[C@@H](CNCCCNCCc3ccccc3)C[C@@H](n3cc(C4CCOCC4)c4c(N)ncnc43)[C@@H]2O1. The summed E-state index contributed by atoms with van der Waals surface area (Å²) in [6.07, 6.45) is 8.97. The zero-order chi connectivity index (χ0) is 27.5. The van der Waals surface area contributed by atoms with E-state index in [4.69, 9.17) is 24.9 Å². The van der Waals surface area contributed by atoms with E-state index in [-0.39, 0.29) is 18.2 Å². The summed E-state index contributed by atoms with van der Waals surface area (Å²) in [4.78, 5) is 9.08. The van der Waals surface area contributed by atoms with Gasteiger partial charge in [-0.05, 0) is 82.6 Å². The van der Waals surface area contributed by atoms with Gasteiger partial charge in [-0.15, -0.1) is 0 Å². The van der Waals surface area contributed by atoms with Crippen LogP contribution in [-0.2, 0) is 20.6 Å². The van der Waals surface area contributed by atoms with Crippen molar-refractivity contribution in [2.45, 2.75) is 75.9 Å². The summed E-state index contributed by atoms with van der Waals surface area (Å²) in [5.41, 5.74) is 9.97. The standard InChI is InChI=1S/C31H44N6O3/c1-31(2)39-27-23(18-34-13-6-12-33-14-9-21-7-4-3-5-8-21)17-25(28(27)40-31)37-19-24(22-10-15-38-16-11-22)26-29(32)35-20-36-30(26)37/h3-5,7-8,19-20,22-23,25,27-28,33-34H,6,9-18H2,1-2H3,(H2,32,35,36)/t23-,25-,27-,28+/m1/s1. The van der Waals surface area contributed by atoms with Gasteiger partial charge in [-0.2, -0.15) is 0 Å². The first-order valence-corrected chi connectivity index (χ1v) is 15.0. The molecule has 2 aliphatic heterocycles. The number of nitrogen functional groups attached to an aromatic ring is 1. The number of benzene rings is 1. The van der Waals surface area contributed by atoms with Crippen LogP contribution in [0.3, 0.4) is 0 Å². The van der Waals surface area contributed by atoms with Crippen molar-refractivity contribution in [1.29, 1.82) is 0 Å². The fourth-order valence-corrected chi connectivity index (χ4v) is 6.87. The van der Waals surface area contributed by atoms with E-state index >= 15 is 0 Å². The Morgan fingerprint density at radius 3 is 2.60 bits per heavy atom. The molecule has 40 heavy (non-hydrogen) atoms. The lowest BCUT2D eigenvalue weighted by Gasteiger charge is -2.25. The van der Waals surface area contributed by atoms with Crippen LogP contribution in [0, 0.1) is 5.92 Å². The monoisotopic (exact) mass is 548 g/mol. The summed E-state index contributed by atoms with van der Waals surface area (Å²) in [7, 11) is 0. The predicted molar refractivity (Wildman–Crippen MR) is 156 cm³/mol. The number of nitrogens with zero attached hydrogens (tertiary/aromatic N) is 3. The molecule has 2 saturated heterocycles. The van der Waals surface area contributed by atoms with Gasteiger partial charge in [-0.25, -0.2) is 9.97 Å². The molecule has 4 atom stereocenters. The second kappa shape index (κ2) is 12.1. The summed E-state index contributed by atoms with van der Waals surface area (Å²) in [5, 5.41) is 8.27. The lowest BCUT2D eigenvalue weighted by Crippen LogP contribution is -2.33. The predicted octanol–water partition coefficient (Wildman–Crippen LogP) is 3.80. The molecule has 4 N–H and O–H groups in total. The average Bonchev–Trinajstić information content (AvgIpc) is 3.60. The van der Waals surface area contributed by atoms with Crippen LogP contribution in [0.2, 0.25) is 0 Å². The van der Waals surface area contributed by atoms with Crippen LogP contribution in [0.5, 0.6) is 0 Å². The highest BCUT2D eigenvalue weighted by Crippen LogP contribution is 2.48. The molecule has 1 aromatic carbocycles. The number of hydrogen-bond acceptors (Lipinski definition) is 8. The molecule has 1 aliphatic carbocycles. The van der Waals surface area contributed by atoms with Gasteiger partial charge in [-0.3, -0.25) is 0 Å². The number of nitrogens with two attached hydrogens (primary N) is 1. The first-order chi connectivity index (χ1) is 19.5. The summed E-state index contributed by atoms with van der Waals surface area (Å²) >= 11 is 0. The Hall–Kier alpha value is -2.56. The van der Waals surface area contributed by atoms with E-state index in [9.17, 15) is 0 Å². The quantitative estimate of drug-likeness (QED) is 0.311. The maximum absolute atomic E-state index is 6.54. The molecule has 3 aromatic rings. The van der Waals surface area contributed by atoms with Crippen LogP contribution in [0.25, 0.3) is 11.0 Å². The molecular weight excluding hydrogens is 504 g/mol. The van der Waals surface area contributed by atoms with Gasteiger partial charge in [0, 0.05) is 31.9 Å². The summed E-state index contributed by atoms with van der Waals surface area (Å²) in [6.45, 7) is 9.51. The highest BCUT2D eigenvalue weighted by Gasteiger charge is 2.54. The number of hydrogen-bond donors (Lipinski definition) is 3. The fraction of sp³-hybridized carbons (Fsp3) is 0.613. The van der Waals surface area contributed by atoms with Crippen molar-refractivity contribution < 1.29 is 14.2 Å². The Kier molecular flexibility index (Phi) is 8.37. The molecule has 9 nitrogen and oxygen atoms in total. The second-order valence-electron chi connectivity index (χ2n) is 12.0. The minimum atomic E-state index is -0.602. The van der Waals surface area contributed by atoms with Crippen molar-refractivity contribution in [3.63, 3.8) is 0 Å². The van der Waals surface area contributed by atoms with Gasteiger partial charge >= 0.3 is 0 Å². The molecule has 0 unspecified atom stereocenters. The number of anilines is 1. The molecule has 0 spiro atoms. The summed E-state index contributed by atoms with van der Waals surface area (Å²) < 4.78 is 21.0. The minimum Gasteiger partial charge on any atom is -0.383 e. The van der Waals surface area contributed by atoms with Gasteiger partial charge in [-0.1, -0.05) is 30.3 Å². The van der Waals surface area contributed by atoms with Crippen LogP contribution < -0.4 is 16.4 Å². The molecule has 216 valence electrons. The van der Waals surface area contributed by atoms with E-state index in [1.54, 1.807) is 6.33 Å². The molecule has 3 fully saturated rings. The van der Waals surface area contributed by atoms with Crippen molar-refractivity contribution in [2.75, 3.05) is 45.1 Å². The Bertz CT molecular complexity index is 1260. The number of rotatable bonds is 11. The summed E-state index contributed by atoms with van der Waals surface area (Å²) in [6, 6.07) is 10.8.